The Kier molecular flexibility index (Phi) is 5.00. The summed E-state index contributed by atoms with van der Waals surface area (Å²) >= 11 is 1.59. The zero-order chi connectivity index (χ0) is 18.8. The van der Waals surface area contributed by atoms with Crippen LogP contribution < -0.4 is 10.2 Å². The molecule has 1 saturated heterocycles. The van der Waals surface area contributed by atoms with Crippen LogP contribution in [0.5, 0.6) is 0 Å². The van der Waals surface area contributed by atoms with Gasteiger partial charge in [0, 0.05) is 29.9 Å². The Morgan fingerprint density at radius 3 is 2.93 bits per heavy atom. The fourth-order valence-electron chi connectivity index (χ4n) is 3.11. The largest absolute Gasteiger partial charge is 0.378 e. The molecule has 0 saturated carbocycles. The molecule has 2 aromatic heterocycles. The van der Waals surface area contributed by atoms with Crippen LogP contribution in [-0.2, 0) is 11.3 Å². The molecular formula is C19H19FN4O2S. The van der Waals surface area contributed by atoms with E-state index in [1.807, 2.05) is 12.3 Å². The van der Waals surface area contributed by atoms with E-state index < -0.39 is 0 Å². The fourth-order valence-corrected chi connectivity index (χ4v) is 3.88. The van der Waals surface area contributed by atoms with Crippen LogP contribution in [0.1, 0.15) is 21.1 Å². The zero-order valence-electron chi connectivity index (χ0n) is 14.9. The van der Waals surface area contributed by atoms with Crippen LogP contribution in [0.3, 0.4) is 0 Å². The van der Waals surface area contributed by atoms with E-state index >= 15 is 0 Å². The van der Waals surface area contributed by atoms with Gasteiger partial charge in [-0.15, -0.1) is 11.3 Å². The summed E-state index contributed by atoms with van der Waals surface area (Å²) in [7, 11) is 0. The highest BCUT2D eigenvalue weighted by Crippen LogP contribution is 2.31. The Morgan fingerprint density at radius 2 is 2.15 bits per heavy atom. The first-order valence-electron chi connectivity index (χ1n) is 8.73. The number of morpholine rings is 1. The van der Waals surface area contributed by atoms with Gasteiger partial charge in [-0.2, -0.15) is 0 Å². The van der Waals surface area contributed by atoms with Crippen molar-refractivity contribution in [3.8, 4) is 0 Å². The molecule has 4 rings (SSSR count). The monoisotopic (exact) mass is 386 g/mol. The number of amides is 1. The van der Waals surface area contributed by atoms with Gasteiger partial charge in [-0.25, -0.2) is 14.4 Å². The van der Waals surface area contributed by atoms with Crippen molar-refractivity contribution in [2.75, 3.05) is 31.2 Å². The zero-order valence-corrected chi connectivity index (χ0v) is 15.7. The molecule has 1 amide bonds. The summed E-state index contributed by atoms with van der Waals surface area (Å²) in [4.78, 5) is 24.9. The molecule has 140 valence electrons. The lowest BCUT2D eigenvalue weighted by molar-refractivity contribution is 0.0940. The van der Waals surface area contributed by atoms with E-state index in [2.05, 4.69) is 20.2 Å². The van der Waals surface area contributed by atoms with Crippen LogP contribution in [0.2, 0.25) is 0 Å². The second-order valence-electron chi connectivity index (χ2n) is 6.33. The summed E-state index contributed by atoms with van der Waals surface area (Å²) in [5.74, 6) is 0.193. The Morgan fingerprint density at radius 1 is 1.33 bits per heavy atom. The molecule has 3 heterocycles. The SMILES string of the molecule is Cc1scc2nc(C(=O)NCc3cccc(F)c3)nc(N3CCOCC3)c12. The lowest BCUT2D eigenvalue weighted by atomic mass is 10.2. The predicted octanol–water partition coefficient (Wildman–Crippen LogP) is 2.91. The van der Waals surface area contributed by atoms with Crippen molar-refractivity contribution in [1.29, 1.82) is 0 Å². The van der Waals surface area contributed by atoms with Gasteiger partial charge in [0.2, 0.25) is 5.82 Å². The third-order valence-electron chi connectivity index (χ3n) is 4.47. The van der Waals surface area contributed by atoms with Gasteiger partial charge in [-0.05, 0) is 24.6 Å². The number of anilines is 1. The van der Waals surface area contributed by atoms with Crippen LogP contribution in [0.4, 0.5) is 10.2 Å². The van der Waals surface area contributed by atoms with Crippen molar-refractivity contribution >= 4 is 34.0 Å². The Balaban J connectivity index is 1.62. The topological polar surface area (TPSA) is 67.4 Å². The number of carbonyl (C=O) groups is 1. The number of nitrogens with one attached hydrogen (secondary N) is 1. The number of hydrogen-bond acceptors (Lipinski definition) is 6. The summed E-state index contributed by atoms with van der Waals surface area (Å²) in [5.41, 5.74) is 1.45. The maximum atomic E-state index is 13.3. The third kappa shape index (κ3) is 3.77. The number of aromatic nitrogens is 2. The number of carbonyl (C=O) groups excluding carboxylic acids is 1. The third-order valence-corrected chi connectivity index (χ3v) is 5.37. The molecule has 6 nitrogen and oxygen atoms in total. The van der Waals surface area contributed by atoms with Crippen LogP contribution in [0.25, 0.3) is 10.9 Å². The maximum Gasteiger partial charge on any atom is 0.289 e. The number of aryl methyl sites for hydroxylation is 1. The molecule has 0 unspecified atom stereocenters. The van der Waals surface area contributed by atoms with E-state index in [0.29, 0.717) is 18.8 Å². The van der Waals surface area contributed by atoms with Gasteiger partial charge >= 0.3 is 0 Å². The van der Waals surface area contributed by atoms with Crippen molar-refractivity contribution in [1.82, 2.24) is 15.3 Å². The highest BCUT2D eigenvalue weighted by Gasteiger charge is 2.21. The second kappa shape index (κ2) is 7.58. The molecule has 0 bridgehead atoms. The molecule has 1 aromatic carbocycles. The Hall–Kier alpha value is -2.58. The molecule has 1 fully saturated rings. The van der Waals surface area contributed by atoms with Crippen molar-refractivity contribution < 1.29 is 13.9 Å². The van der Waals surface area contributed by atoms with E-state index in [-0.39, 0.29) is 24.1 Å². The van der Waals surface area contributed by atoms with Gasteiger partial charge in [0.1, 0.15) is 11.6 Å². The number of hydrogen-bond donors (Lipinski definition) is 1. The summed E-state index contributed by atoms with van der Waals surface area (Å²) in [6.07, 6.45) is 0. The molecule has 1 aliphatic rings. The molecule has 27 heavy (non-hydrogen) atoms. The molecule has 8 heteroatoms. The number of thiophene rings is 1. The smallest absolute Gasteiger partial charge is 0.289 e. The van der Waals surface area contributed by atoms with E-state index in [1.54, 1.807) is 23.5 Å². The molecule has 1 aliphatic heterocycles. The Bertz CT molecular complexity index is 985. The molecule has 0 aliphatic carbocycles. The van der Waals surface area contributed by atoms with E-state index in [0.717, 1.165) is 34.7 Å². The maximum absolute atomic E-state index is 13.3. The molecule has 1 N–H and O–H groups in total. The Labute approximate surface area is 160 Å². The standard InChI is InChI=1S/C19H19FN4O2S/c1-12-16-15(11-27-12)22-17(23-18(16)24-5-7-26-8-6-24)19(25)21-10-13-3-2-4-14(20)9-13/h2-4,9,11H,5-8,10H2,1H3,(H,21,25). The number of benzene rings is 1. The summed E-state index contributed by atoms with van der Waals surface area (Å²) in [5, 5.41) is 5.71. The van der Waals surface area contributed by atoms with Gasteiger partial charge in [0.05, 0.1) is 24.1 Å². The van der Waals surface area contributed by atoms with Gasteiger partial charge in [0.15, 0.2) is 0 Å². The summed E-state index contributed by atoms with van der Waals surface area (Å²) < 4.78 is 18.7. The lowest BCUT2D eigenvalue weighted by Crippen LogP contribution is -2.37. The molecular weight excluding hydrogens is 367 g/mol. The van der Waals surface area contributed by atoms with E-state index in [1.165, 1.54) is 12.1 Å². The van der Waals surface area contributed by atoms with E-state index in [9.17, 15) is 9.18 Å². The molecule has 0 atom stereocenters. The highest BCUT2D eigenvalue weighted by molar-refractivity contribution is 7.11. The molecule has 0 radical (unpaired) electrons. The van der Waals surface area contributed by atoms with Crippen LogP contribution in [-0.4, -0.2) is 42.2 Å². The van der Waals surface area contributed by atoms with Crippen molar-refractivity contribution in [3.63, 3.8) is 0 Å². The van der Waals surface area contributed by atoms with Crippen molar-refractivity contribution in [2.24, 2.45) is 0 Å². The van der Waals surface area contributed by atoms with Gasteiger partial charge in [-0.3, -0.25) is 4.79 Å². The molecule has 0 spiro atoms. The number of ether oxygens (including phenoxy) is 1. The van der Waals surface area contributed by atoms with Crippen molar-refractivity contribution in [3.05, 3.63) is 51.7 Å². The average molecular weight is 386 g/mol. The number of halogens is 1. The first-order valence-corrected chi connectivity index (χ1v) is 9.61. The second-order valence-corrected chi connectivity index (χ2v) is 7.42. The number of fused-ring (bicyclic) bond motifs is 1. The molecule has 3 aromatic rings. The highest BCUT2D eigenvalue weighted by atomic mass is 32.1. The van der Waals surface area contributed by atoms with Gasteiger partial charge in [-0.1, -0.05) is 12.1 Å². The van der Waals surface area contributed by atoms with Crippen molar-refractivity contribution in [2.45, 2.75) is 13.5 Å². The van der Waals surface area contributed by atoms with Gasteiger partial charge < -0.3 is 15.0 Å². The normalized spacial score (nSPS) is 14.5. The summed E-state index contributed by atoms with van der Waals surface area (Å²) in [6.45, 7) is 4.97. The first-order chi connectivity index (χ1) is 13.1. The quantitative estimate of drug-likeness (QED) is 0.747. The minimum atomic E-state index is -0.375. The minimum Gasteiger partial charge on any atom is -0.378 e. The average Bonchev–Trinajstić information content (AvgIpc) is 3.07. The van der Waals surface area contributed by atoms with Crippen LogP contribution in [0.15, 0.2) is 29.6 Å². The predicted molar refractivity (Wildman–Crippen MR) is 103 cm³/mol. The van der Waals surface area contributed by atoms with Gasteiger partial charge in [0.25, 0.3) is 5.91 Å². The first kappa shape index (κ1) is 17.8. The van der Waals surface area contributed by atoms with E-state index in [4.69, 9.17) is 4.74 Å². The van der Waals surface area contributed by atoms with Crippen LogP contribution in [0, 0.1) is 12.7 Å². The minimum absolute atomic E-state index is 0.123. The number of rotatable bonds is 4. The van der Waals surface area contributed by atoms with Crippen LogP contribution >= 0.6 is 11.3 Å². The number of nitrogens with zero attached hydrogens (tertiary/aromatic N) is 3. The summed E-state index contributed by atoms with van der Waals surface area (Å²) in [6, 6.07) is 6.14. The fraction of sp³-hybridized carbons (Fsp3) is 0.316. The lowest BCUT2D eigenvalue weighted by Gasteiger charge is -2.28.